The average Bonchev–Trinajstić information content (AvgIpc) is 2.73. The molecule has 0 aromatic heterocycles. The van der Waals surface area contributed by atoms with Crippen LogP contribution in [0.3, 0.4) is 0 Å². The number of hydrogen-bond donors (Lipinski definition) is 3. The van der Waals surface area contributed by atoms with Crippen LogP contribution in [-0.2, 0) is 4.74 Å². The van der Waals surface area contributed by atoms with E-state index in [9.17, 15) is 20.1 Å². The zero-order valence-corrected chi connectivity index (χ0v) is 18.3. The number of ether oxygens (including phenoxy) is 1. The Morgan fingerprint density at radius 3 is 1.93 bits per heavy atom. The largest absolute Gasteiger partial charge is 0.504 e. The lowest BCUT2D eigenvalue weighted by atomic mass is 10.1. The van der Waals surface area contributed by atoms with Gasteiger partial charge in [-0.3, -0.25) is 0 Å². The second kappa shape index (κ2) is 16.4. The van der Waals surface area contributed by atoms with Crippen molar-refractivity contribution < 1.29 is 24.9 Å². The standard InChI is InChI=1S/C25H38O5/c1-2-3-4-5-6-7-8-9-10-11-12-13-14-15-16-17-18-30-25(29)21-19-22(26)24(28)23(27)20-21/h6-7,9-10,19-20,26-28H,2-5,8,11-18H2,1H3/b7-6+,10-9+. The zero-order valence-electron chi connectivity index (χ0n) is 18.3. The van der Waals surface area contributed by atoms with Gasteiger partial charge in [-0.15, -0.1) is 0 Å². The molecule has 5 heteroatoms. The van der Waals surface area contributed by atoms with E-state index in [1.165, 1.54) is 44.9 Å². The van der Waals surface area contributed by atoms with Gasteiger partial charge in [-0.25, -0.2) is 4.79 Å². The normalized spacial score (nSPS) is 11.5. The summed E-state index contributed by atoms with van der Waals surface area (Å²) in [6.45, 7) is 2.53. The molecular weight excluding hydrogens is 380 g/mol. The molecule has 1 aromatic carbocycles. The molecule has 0 aliphatic carbocycles. The molecule has 0 spiro atoms. The molecule has 1 rings (SSSR count). The van der Waals surface area contributed by atoms with Crippen LogP contribution in [0.5, 0.6) is 17.2 Å². The topological polar surface area (TPSA) is 87.0 Å². The molecule has 0 aliphatic heterocycles. The van der Waals surface area contributed by atoms with Crippen molar-refractivity contribution in [3.8, 4) is 17.2 Å². The van der Waals surface area contributed by atoms with E-state index in [0.717, 1.165) is 44.2 Å². The van der Waals surface area contributed by atoms with E-state index in [1.54, 1.807) is 0 Å². The van der Waals surface area contributed by atoms with E-state index in [4.69, 9.17) is 4.74 Å². The molecule has 0 aliphatic rings. The second-order valence-electron chi connectivity index (χ2n) is 7.58. The number of carbonyl (C=O) groups is 1. The Hall–Kier alpha value is -2.43. The van der Waals surface area contributed by atoms with Crippen molar-refractivity contribution >= 4 is 5.97 Å². The van der Waals surface area contributed by atoms with Crippen LogP contribution in [0, 0.1) is 0 Å². The van der Waals surface area contributed by atoms with Crippen LogP contribution < -0.4 is 0 Å². The van der Waals surface area contributed by atoms with Crippen molar-refractivity contribution in [1.29, 1.82) is 0 Å². The Morgan fingerprint density at radius 2 is 1.33 bits per heavy atom. The second-order valence-corrected chi connectivity index (χ2v) is 7.58. The molecule has 0 unspecified atom stereocenters. The third-order valence-corrected chi connectivity index (χ3v) is 4.88. The number of carbonyl (C=O) groups excluding carboxylic acids is 1. The minimum absolute atomic E-state index is 0.0165. The van der Waals surface area contributed by atoms with Crippen LogP contribution in [0.2, 0.25) is 0 Å². The van der Waals surface area contributed by atoms with E-state index in [-0.39, 0.29) is 5.56 Å². The summed E-state index contributed by atoms with van der Waals surface area (Å²) in [5.41, 5.74) is 0.0165. The predicted molar refractivity (Wildman–Crippen MR) is 121 cm³/mol. The van der Waals surface area contributed by atoms with Gasteiger partial charge in [0, 0.05) is 0 Å². The molecule has 168 valence electrons. The number of esters is 1. The number of benzene rings is 1. The summed E-state index contributed by atoms with van der Waals surface area (Å²) < 4.78 is 5.14. The number of phenolic OH excluding ortho intramolecular Hbond substituents is 3. The van der Waals surface area contributed by atoms with Gasteiger partial charge in [0.2, 0.25) is 0 Å². The third kappa shape index (κ3) is 11.5. The quantitative estimate of drug-likeness (QED) is 0.119. The first-order chi connectivity index (χ1) is 14.6. The Labute approximate surface area is 181 Å². The smallest absolute Gasteiger partial charge is 0.338 e. The van der Waals surface area contributed by atoms with Crippen molar-refractivity contribution in [1.82, 2.24) is 0 Å². The van der Waals surface area contributed by atoms with Crippen molar-refractivity contribution in [2.45, 2.75) is 84.0 Å². The SMILES string of the molecule is CCCCC/C=C/C/C=C/CCCCCCCCOC(=O)c1cc(O)c(O)c(O)c1. The van der Waals surface area contributed by atoms with Crippen LogP contribution in [0.4, 0.5) is 0 Å². The Bertz CT molecular complexity index is 640. The molecule has 0 heterocycles. The van der Waals surface area contributed by atoms with Gasteiger partial charge >= 0.3 is 5.97 Å². The number of rotatable bonds is 16. The van der Waals surface area contributed by atoms with Crippen LogP contribution in [0.25, 0.3) is 0 Å². The monoisotopic (exact) mass is 418 g/mol. The molecule has 3 N–H and O–H groups in total. The maximum Gasteiger partial charge on any atom is 0.338 e. The van der Waals surface area contributed by atoms with Crippen molar-refractivity contribution in [2.75, 3.05) is 6.61 Å². The number of phenols is 3. The fourth-order valence-electron chi connectivity index (χ4n) is 3.06. The molecule has 5 nitrogen and oxygen atoms in total. The van der Waals surface area contributed by atoms with Crippen LogP contribution in [0.15, 0.2) is 36.4 Å². The Balaban J connectivity index is 1.96. The molecule has 0 fully saturated rings. The maximum absolute atomic E-state index is 11.9. The van der Waals surface area contributed by atoms with Crippen molar-refractivity contribution in [2.24, 2.45) is 0 Å². The van der Waals surface area contributed by atoms with Gasteiger partial charge in [-0.2, -0.15) is 0 Å². The molecule has 1 aromatic rings. The van der Waals surface area contributed by atoms with E-state index in [2.05, 4.69) is 31.2 Å². The van der Waals surface area contributed by atoms with E-state index < -0.39 is 23.2 Å². The minimum Gasteiger partial charge on any atom is -0.504 e. The summed E-state index contributed by atoms with van der Waals surface area (Å²) in [7, 11) is 0. The molecule has 0 atom stereocenters. The first kappa shape index (κ1) is 25.6. The highest BCUT2D eigenvalue weighted by atomic mass is 16.5. The zero-order chi connectivity index (χ0) is 22.0. The molecule has 0 amide bonds. The highest BCUT2D eigenvalue weighted by molar-refractivity contribution is 5.91. The van der Waals surface area contributed by atoms with Crippen molar-refractivity contribution in [3.05, 3.63) is 42.0 Å². The first-order valence-electron chi connectivity index (χ1n) is 11.3. The van der Waals surface area contributed by atoms with Crippen LogP contribution in [0.1, 0.15) is 94.3 Å². The van der Waals surface area contributed by atoms with E-state index in [0.29, 0.717) is 6.61 Å². The average molecular weight is 419 g/mol. The summed E-state index contributed by atoms with van der Waals surface area (Å²) in [6.07, 6.45) is 22.8. The fraction of sp³-hybridized carbons (Fsp3) is 0.560. The number of aromatic hydroxyl groups is 3. The van der Waals surface area contributed by atoms with Gasteiger partial charge < -0.3 is 20.1 Å². The van der Waals surface area contributed by atoms with Gasteiger partial charge in [0.1, 0.15) is 0 Å². The van der Waals surface area contributed by atoms with Crippen molar-refractivity contribution in [3.63, 3.8) is 0 Å². The fourth-order valence-corrected chi connectivity index (χ4v) is 3.06. The van der Waals surface area contributed by atoms with E-state index >= 15 is 0 Å². The van der Waals surface area contributed by atoms with Gasteiger partial charge in [0.25, 0.3) is 0 Å². The van der Waals surface area contributed by atoms with Gasteiger partial charge in [-0.05, 0) is 50.7 Å². The van der Waals surface area contributed by atoms with Crippen LogP contribution in [-0.4, -0.2) is 27.9 Å². The number of hydrogen-bond acceptors (Lipinski definition) is 5. The van der Waals surface area contributed by atoms with E-state index in [1.807, 2.05) is 0 Å². The highest BCUT2D eigenvalue weighted by Gasteiger charge is 2.14. The van der Waals surface area contributed by atoms with Gasteiger partial charge in [-0.1, -0.05) is 69.8 Å². The lowest BCUT2D eigenvalue weighted by Crippen LogP contribution is -2.06. The molecule has 30 heavy (non-hydrogen) atoms. The highest BCUT2D eigenvalue weighted by Crippen LogP contribution is 2.35. The summed E-state index contributed by atoms with van der Waals surface area (Å²) in [4.78, 5) is 11.9. The summed E-state index contributed by atoms with van der Waals surface area (Å²) in [5, 5.41) is 28.1. The lowest BCUT2D eigenvalue weighted by Gasteiger charge is -2.07. The van der Waals surface area contributed by atoms with Gasteiger partial charge in [0.05, 0.1) is 12.2 Å². The minimum atomic E-state index is -0.642. The molecule has 0 saturated heterocycles. The molecule has 0 radical (unpaired) electrons. The summed E-state index contributed by atoms with van der Waals surface area (Å²) in [5.74, 6) is -2.36. The summed E-state index contributed by atoms with van der Waals surface area (Å²) in [6, 6.07) is 2.16. The number of allylic oxidation sites excluding steroid dienone is 4. The molecular formula is C25H38O5. The summed E-state index contributed by atoms with van der Waals surface area (Å²) >= 11 is 0. The Kier molecular flexibility index (Phi) is 14.0. The third-order valence-electron chi connectivity index (χ3n) is 4.88. The van der Waals surface area contributed by atoms with Gasteiger partial charge in [0.15, 0.2) is 17.2 Å². The molecule has 0 saturated carbocycles. The lowest BCUT2D eigenvalue weighted by molar-refractivity contribution is 0.0496. The predicted octanol–water partition coefficient (Wildman–Crippen LogP) is 6.77. The first-order valence-corrected chi connectivity index (χ1v) is 11.3. The molecule has 0 bridgehead atoms. The Morgan fingerprint density at radius 1 is 0.800 bits per heavy atom. The maximum atomic E-state index is 11.9. The number of unbranched alkanes of at least 4 members (excludes halogenated alkanes) is 9. The van der Waals surface area contributed by atoms with Crippen LogP contribution >= 0.6 is 0 Å².